The van der Waals surface area contributed by atoms with Gasteiger partial charge in [-0.3, -0.25) is 9.10 Å². The highest BCUT2D eigenvalue weighted by atomic mass is 32.2. The number of hydrogen-bond donors (Lipinski definition) is 1. The van der Waals surface area contributed by atoms with E-state index in [4.69, 9.17) is 4.74 Å². The quantitative estimate of drug-likeness (QED) is 0.417. The van der Waals surface area contributed by atoms with Gasteiger partial charge < -0.3 is 14.6 Å². The monoisotopic (exact) mass is 502 g/mol. The summed E-state index contributed by atoms with van der Waals surface area (Å²) < 4.78 is 35.9. The summed E-state index contributed by atoms with van der Waals surface area (Å²) in [6.07, 6.45) is 2.66. The summed E-state index contributed by atoms with van der Waals surface area (Å²) in [6.45, 7) is 2.12. The van der Waals surface area contributed by atoms with Gasteiger partial charge in [0.05, 0.1) is 18.0 Å². The Morgan fingerprint density at radius 1 is 1.00 bits per heavy atom. The van der Waals surface area contributed by atoms with Crippen LogP contribution in [0.25, 0.3) is 5.69 Å². The van der Waals surface area contributed by atoms with E-state index in [0.29, 0.717) is 23.5 Å². The van der Waals surface area contributed by atoms with Crippen LogP contribution in [0, 0.1) is 6.92 Å². The van der Waals surface area contributed by atoms with Gasteiger partial charge in [0.25, 0.3) is 5.91 Å². The van der Waals surface area contributed by atoms with E-state index in [-0.39, 0.29) is 18.2 Å². The van der Waals surface area contributed by atoms with Gasteiger partial charge in [-0.1, -0.05) is 54.6 Å². The van der Waals surface area contributed by atoms with Gasteiger partial charge in [-0.15, -0.1) is 0 Å². The summed E-state index contributed by atoms with van der Waals surface area (Å²) in [4.78, 5) is 17.3. The molecule has 1 unspecified atom stereocenters. The first-order valence-electron chi connectivity index (χ1n) is 11.6. The van der Waals surface area contributed by atoms with Crippen molar-refractivity contribution in [3.05, 3.63) is 108 Å². The predicted octanol–water partition coefficient (Wildman–Crippen LogP) is 3.59. The average Bonchev–Trinajstić information content (AvgIpc) is 3.33. The van der Waals surface area contributed by atoms with Crippen LogP contribution in [0.1, 0.15) is 17.0 Å². The lowest BCUT2D eigenvalue weighted by atomic mass is 10.2. The zero-order chi connectivity index (χ0) is 25.1. The van der Waals surface area contributed by atoms with Crippen LogP contribution < -0.4 is 14.4 Å². The zero-order valence-electron chi connectivity index (χ0n) is 19.7. The lowest BCUT2D eigenvalue weighted by Gasteiger charge is -2.34. The van der Waals surface area contributed by atoms with Gasteiger partial charge in [0.2, 0.25) is 10.0 Å². The van der Waals surface area contributed by atoms with Crippen molar-refractivity contribution >= 4 is 21.6 Å². The van der Waals surface area contributed by atoms with Crippen LogP contribution >= 0.6 is 0 Å². The number of benzene rings is 3. The van der Waals surface area contributed by atoms with E-state index in [1.807, 2.05) is 48.0 Å². The molecule has 0 bridgehead atoms. The molecule has 1 atom stereocenters. The van der Waals surface area contributed by atoms with Crippen molar-refractivity contribution in [2.75, 3.05) is 10.8 Å². The van der Waals surface area contributed by atoms with Gasteiger partial charge in [-0.2, -0.15) is 0 Å². The largest absolute Gasteiger partial charge is 0.476 e. The summed E-state index contributed by atoms with van der Waals surface area (Å²) in [6, 6.07) is 23.6. The Morgan fingerprint density at radius 2 is 1.72 bits per heavy atom. The third-order valence-electron chi connectivity index (χ3n) is 6.06. The van der Waals surface area contributed by atoms with Crippen LogP contribution in [0.3, 0.4) is 0 Å². The number of sulfonamides is 1. The minimum atomic E-state index is -3.75. The number of aromatic nitrogens is 2. The fraction of sp³-hybridized carbons (Fsp3) is 0.185. The Hall–Kier alpha value is -4.11. The molecule has 1 amide bonds. The second-order valence-corrected chi connectivity index (χ2v) is 10.5. The SMILES string of the molecule is Cc1nccn1-c1ccc(CNC(=O)C2CN(S(=O)(=O)Cc3ccccc3)c3ccccc3O2)cc1. The van der Waals surface area contributed by atoms with E-state index in [1.54, 1.807) is 54.7 Å². The molecular weight excluding hydrogens is 476 g/mol. The molecule has 2 heterocycles. The van der Waals surface area contributed by atoms with Gasteiger partial charge >= 0.3 is 0 Å². The van der Waals surface area contributed by atoms with Crippen LogP contribution in [-0.4, -0.2) is 36.5 Å². The van der Waals surface area contributed by atoms with Crippen LogP contribution in [-0.2, 0) is 27.1 Å². The zero-order valence-corrected chi connectivity index (χ0v) is 20.6. The van der Waals surface area contributed by atoms with Crippen LogP contribution in [0.2, 0.25) is 0 Å². The minimum Gasteiger partial charge on any atom is -0.476 e. The van der Waals surface area contributed by atoms with Gasteiger partial charge in [0.1, 0.15) is 11.6 Å². The second kappa shape index (κ2) is 9.87. The molecular formula is C27H26N4O4S. The topological polar surface area (TPSA) is 93.5 Å². The molecule has 0 saturated carbocycles. The maximum Gasteiger partial charge on any atom is 0.263 e. The van der Waals surface area contributed by atoms with Crippen molar-refractivity contribution in [2.45, 2.75) is 25.3 Å². The molecule has 0 radical (unpaired) electrons. The molecule has 9 heteroatoms. The molecule has 1 aliphatic rings. The number of rotatable bonds is 7. The third kappa shape index (κ3) is 4.96. The highest BCUT2D eigenvalue weighted by Crippen LogP contribution is 2.35. The van der Waals surface area contributed by atoms with Crippen molar-refractivity contribution in [1.29, 1.82) is 0 Å². The Kier molecular flexibility index (Phi) is 6.47. The van der Waals surface area contributed by atoms with Crippen molar-refractivity contribution in [2.24, 2.45) is 0 Å². The highest BCUT2D eigenvalue weighted by Gasteiger charge is 2.36. The molecule has 4 aromatic rings. The molecule has 0 aliphatic carbocycles. The molecule has 0 fully saturated rings. The summed E-state index contributed by atoms with van der Waals surface area (Å²) in [7, 11) is -3.75. The minimum absolute atomic E-state index is 0.100. The lowest BCUT2D eigenvalue weighted by molar-refractivity contribution is -0.127. The van der Waals surface area contributed by atoms with E-state index >= 15 is 0 Å². The standard InChI is InChI=1S/C27H26N4O4S/c1-20-28-15-16-30(20)23-13-11-21(12-14-23)17-29-27(32)26-18-31(24-9-5-6-10-25(24)35-26)36(33,34)19-22-7-3-2-4-8-22/h2-16,26H,17-19H2,1H3,(H,29,32). The number of imidazole rings is 1. The van der Waals surface area contributed by atoms with Crippen LogP contribution in [0.5, 0.6) is 5.75 Å². The summed E-state index contributed by atoms with van der Waals surface area (Å²) in [5, 5.41) is 2.88. The number of carbonyl (C=O) groups is 1. The first-order valence-corrected chi connectivity index (χ1v) is 13.2. The molecule has 3 aromatic carbocycles. The van der Waals surface area contributed by atoms with Gasteiger partial charge in [-0.05, 0) is 42.3 Å². The number of nitrogens with one attached hydrogen (secondary N) is 1. The summed E-state index contributed by atoms with van der Waals surface area (Å²) in [5.41, 5.74) is 3.00. The number of para-hydroxylation sites is 2. The lowest BCUT2D eigenvalue weighted by Crippen LogP contribution is -2.50. The molecule has 184 valence electrons. The molecule has 1 aromatic heterocycles. The number of ether oxygens (including phenoxy) is 1. The van der Waals surface area contributed by atoms with E-state index in [0.717, 1.165) is 17.1 Å². The second-order valence-electron chi connectivity index (χ2n) is 8.58. The summed E-state index contributed by atoms with van der Waals surface area (Å²) in [5.74, 6) is 0.705. The molecule has 8 nitrogen and oxygen atoms in total. The smallest absolute Gasteiger partial charge is 0.263 e. The van der Waals surface area contributed by atoms with E-state index < -0.39 is 16.1 Å². The van der Waals surface area contributed by atoms with Crippen molar-refractivity contribution < 1.29 is 17.9 Å². The van der Waals surface area contributed by atoms with Crippen LogP contribution in [0.4, 0.5) is 5.69 Å². The first kappa shape index (κ1) is 23.6. The Labute approximate surface area is 210 Å². The number of hydrogen-bond acceptors (Lipinski definition) is 5. The third-order valence-corrected chi connectivity index (χ3v) is 7.78. The van der Waals surface area contributed by atoms with Crippen molar-refractivity contribution in [1.82, 2.24) is 14.9 Å². The Bertz CT molecular complexity index is 1470. The molecule has 0 saturated heterocycles. The highest BCUT2D eigenvalue weighted by molar-refractivity contribution is 7.92. The van der Waals surface area contributed by atoms with Crippen LogP contribution in [0.15, 0.2) is 91.3 Å². The maximum atomic E-state index is 13.4. The van der Waals surface area contributed by atoms with Gasteiger partial charge in [-0.25, -0.2) is 13.4 Å². The number of carbonyl (C=O) groups excluding carboxylic acids is 1. The fourth-order valence-electron chi connectivity index (χ4n) is 4.19. The summed E-state index contributed by atoms with van der Waals surface area (Å²) >= 11 is 0. The molecule has 5 rings (SSSR count). The van der Waals surface area contributed by atoms with Crippen molar-refractivity contribution in [3.63, 3.8) is 0 Å². The predicted molar refractivity (Wildman–Crippen MR) is 137 cm³/mol. The first-order chi connectivity index (χ1) is 17.4. The van der Waals surface area contributed by atoms with Gasteiger partial charge in [0, 0.05) is 24.6 Å². The average molecular weight is 503 g/mol. The Morgan fingerprint density at radius 3 is 2.44 bits per heavy atom. The number of nitrogens with zero attached hydrogens (tertiary/aromatic N) is 3. The number of fused-ring (bicyclic) bond motifs is 1. The molecule has 1 aliphatic heterocycles. The number of anilines is 1. The molecule has 36 heavy (non-hydrogen) atoms. The van der Waals surface area contributed by atoms with E-state index in [1.165, 1.54) is 4.31 Å². The number of amides is 1. The molecule has 0 spiro atoms. The van der Waals surface area contributed by atoms with E-state index in [2.05, 4.69) is 10.3 Å². The maximum absolute atomic E-state index is 13.4. The molecule has 1 N–H and O–H groups in total. The Balaban J connectivity index is 1.29. The fourth-order valence-corrected chi connectivity index (χ4v) is 5.78. The normalized spacial score (nSPS) is 15.1. The van der Waals surface area contributed by atoms with Gasteiger partial charge in [0.15, 0.2) is 6.10 Å². The van der Waals surface area contributed by atoms with Crippen molar-refractivity contribution in [3.8, 4) is 11.4 Å². The number of aryl methyl sites for hydroxylation is 1. The van der Waals surface area contributed by atoms with E-state index in [9.17, 15) is 13.2 Å².